The highest BCUT2D eigenvalue weighted by molar-refractivity contribution is 5.91. The largest absolute Gasteiger partial charge is 0.488 e. The van der Waals surface area contributed by atoms with Gasteiger partial charge in [-0.15, -0.1) is 0 Å². The van der Waals surface area contributed by atoms with Gasteiger partial charge < -0.3 is 15.4 Å². The van der Waals surface area contributed by atoms with E-state index >= 15 is 0 Å². The minimum Gasteiger partial charge on any atom is -0.488 e. The molecule has 0 radical (unpaired) electrons. The van der Waals surface area contributed by atoms with Crippen LogP contribution in [0.5, 0.6) is 0 Å². The maximum absolute atomic E-state index is 12.5. The van der Waals surface area contributed by atoms with E-state index in [0.29, 0.717) is 37.8 Å². The van der Waals surface area contributed by atoms with Gasteiger partial charge in [-0.2, -0.15) is 0 Å². The highest BCUT2D eigenvalue weighted by Gasteiger charge is 2.25. The van der Waals surface area contributed by atoms with Gasteiger partial charge in [0.15, 0.2) is 5.76 Å². The summed E-state index contributed by atoms with van der Waals surface area (Å²) in [4.78, 5) is 25.7. The molecule has 2 aliphatic rings. The number of nitrogens with two attached hydrogens (primary N) is 1. The summed E-state index contributed by atoms with van der Waals surface area (Å²) in [5.41, 5.74) is 6.93. The van der Waals surface area contributed by atoms with Crippen molar-refractivity contribution < 1.29 is 9.53 Å². The standard InChI is InChI=1S/C19H23N5O2/c20-18-14-5-1-2-6-15(14)21-17(22-18)13-23-8-10-24(11-9-23)19(25)16-7-3-4-12-26-16/h1-2,5-7H,3-4,8-13H2,(H2,20,21,22). The molecule has 2 aromatic rings. The van der Waals surface area contributed by atoms with Crippen LogP contribution in [0.2, 0.25) is 0 Å². The number of nitrogen functional groups attached to an aromatic ring is 1. The summed E-state index contributed by atoms with van der Waals surface area (Å²) in [5.74, 6) is 1.76. The van der Waals surface area contributed by atoms with Crippen molar-refractivity contribution in [3.63, 3.8) is 0 Å². The van der Waals surface area contributed by atoms with Crippen LogP contribution in [0.3, 0.4) is 0 Å². The average molecular weight is 353 g/mol. The molecule has 2 aliphatic heterocycles. The van der Waals surface area contributed by atoms with Crippen molar-refractivity contribution in [2.45, 2.75) is 19.4 Å². The molecule has 1 fully saturated rings. The van der Waals surface area contributed by atoms with Gasteiger partial charge >= 0.3 is 0 Å². The Hall–Kier alpha value is -2.67. The number of fused-ring (bicyclic) bond motifs is 1. The number of hydrogen-bond acceptors (Lipinski definition) is 6. The lowest BCUT2D eigenvalue weighted by molar-refractivity contribution is -0.133. The number of nitrogens with zero attached hydrogens (tertiary/aromatic N) is 4. The summed E-state index contributed by atoms with van der Waals surface area (Å²) >= 11 is 0. The summed E-state index contributed by atoms with van der Waals surface area (Å²) in [6, 6.07) is 7.76. The van der Waals surface area contributed by atoms with Crippen molar-refractivity contribution in [2.75, 3.05) is 38.5 Å². The number of hydrogen-bond donors (Lipinski definition) is 1. The van der Waals surface area contributed by atoms with Crippen molar-refractivity contribution in [3.05, 3.63) is 41.9 Å². The summed E-state index contributed by atoms with van der Waals surface area (Å²) < 4.78 is 5.49. The number of carbonyl (C=O) groups is 1. The van der Waals surface area contributed by atoms with Gasteiger partial charge in [-0.1, -0.05) is 12.1 Å². The monoisotopic (exact) mass is 353 g/mol. The molecule has 4 rings (SSSR count). The third-order valence-corrected chi connectivity index (χ3v) is 4.85. The van der Waals surface area contributed by atoms with E-state index in [1.807, 2.05) is 35.2 Å². The summed E-state index contributed by atoms with van der Waals surface area (Å²) in [7, 11) is 0. The van der Waals surface area contributed by atoms with E-state index in [-0.39, 0.29) is 5.91 Å². The van der Waals surface area contributed by atoms with E-state index in [1.54, 1.807) is 0 Å². The van der Waals surface area contributed by atoms with Gasteiger partial charge in [-0.3, -0.25) is 9.69 Å². The van der Waals surface area contributed by atoms with Crippen LogP contribution < -0.4 is 5.73 Å². The van der Waals surface area contributed by atoms with Crippen molar-refractivity contribution in [2.24, 2.45) is 0 Å². The Morgan fingerprint density at radius 3 is 2.73 bits per heavy atom. The number of anilines is 1. The predicted molar refractivity (Wildman–Crippen MR) is 99.1 cm³/mol. The normalized spacial score (nSPS) is 18.5. The lowest BCUT2D eigenvalue weighted by Gasteiger charge is -2.34. The Labute approximate surface area is 152 Å². The lowest BCUT2D eigenvalue weighted by atomic mass is 10.2. The molecule has 1 saturated heterocycles. The summed E-state index contributed by atoms with van der Waals surface area (Å²) in [6.45, 7) is 4.21. The Bertz CT molecular complexity index is 843. The number of rotatable bonds is 3. The molecular formula is C19H23N5O2. The van der Waals surface area contributed by atoms with Gasteiger partial charge in [0.05, 0.1) is 18.7 Å². The predicted octanol–water partition coefficient (Wildman–Crippen LogP) is 1.55. The molecule has 0 saturated carbocycles. The van der Waals surface area contributed by atoms with Crippen LogP contribution >= 0.6 is 0 Å². The maximum Gasteiger partial charge on any atom is 0.288 e. The highest BCUT2D eigenvalue weighted by atomic mass is 16.5. The van der Waals surface area contributed by atoms with E-state index < -0.39 is 0 Å². The number of allylic oxidation sites excluding steroid dienone is 1. The minimum atomic E-state index is 0.00977. The van der Waals surface area contributed by atoms with Gasteiger partial charge in [-0.25, -0.2) is 9.97 Å². The van der Waals surface area contributed by atoms with Gasteiger partial charge in [0.2, 0.25) is 0 Å². The summed E-state index contributed by atoms with van der Waals surface area (Å²) in [5, 5.41) is 0.882. The van der Waals surface area contributed by atoms with Crippen LogP contribution in [0.25, 0.3) is 10.9 Å². The molecule has 1 aromatic carbocycles. The number of amides is 1. The van der Waals surface area contributed by atoms with E-state index in [1.165, 1.54) is 0 Å². The zero-order chi connectivity index (χ0) is 17.9. The molecule has 0 unspecified atom stereocenters. The van der Waals surface area contributed by atoms with Crippen LogP contribution in [0, 0.1) is 0 Å². The Morgan fingerprint density at radius 2 is 1.96 bits per heavy atom. The van der Waals surface area contributed by atoms with E-state index in [4.69, 9.17) is 10.5 Å². The molecule has 136 valence electrons. The fraction of sp³-hybridized carbons (Fsp3) is 0.421. The quantitative estimate of drug-likeness (QED) is 0.901. The minimum absolute atomic E-state index is 0.00977. The molecule has 0 aliphatic carbocycles. The van der Waals surface area contributed by atoms with Crippen molar-refractivity contribution >= 4 is 22.6 Å². The first-order valence-electron chi connectivity index (χ1n) is 9.06. The first-order chi connectivity index (χ1) is 12.7. The SMILES string of the molecule is Nc1nc(CN2CCN(C(=O)C3=CCCCO3)CC2)nc2ccccc12. The van der Waals surface area contributed by atoms with Crippen molar-refractivity contribution in [1.29, 1.82) is 0 Å². The fourth-order valence-electron chi connectivity index (χ4n) is 3.39. The molecule has 7 heteroatoms. The van der Waals surface area contributed by atoms with E-state index in [0.717, 1.165) is 42.7 Å². The number of carbonyl (C=O) groups excluding carboxylic acids is 1. The van der Waals surface area contributed by atoms with Gasteiger partial charge in [-0.05, 0) is 31.1 Å². The number of piperazine rings is 1. The Balaban J connectivity index is 1.38. The second-order valence-corrected chi connectivity index (χ2v) is 6.67. The second-order valence-electron chi connectivity index (χ2n) is 6.67. The van der Waals surface area contributed by atoms with E-state index in [2.05, 4.69) is 14.9 Å². The second kappa shape index (κ2) is 7.29. The number of para-hydroxylation sites is 1. The number of benzene rings is 1. The third-order valence-electron chi connectivity index (χ3n) is 4.85. The van der Waals surface area contributed by atoms with Crippen LogP contribution in [-0.2, 0) is 16.1 Å². The topological polar surface area (TPSA) is 84.6 Å². The molecule has 7 nitrogen and oxygen atoms in total. The molecule has 1 amide bonds. The molecule has 1 aromatic heterocycles. The number of aromatic nitrogens is 2. The third kappa shape index (κ3) is 3.48. The Morgan fingerprint density at radius 1 is 1.15 bits per heavy atom. The first kappa shape index (κ1) is 16.8. The van der Waals surface area contributed by atoms with Crippen LogP contribution in [0.1, 0.15) is 18.7 Å². The highest BCUT2D eigenvalue weighted by Crippen LogP contribution is 2.19. The van der Waals surface area contributed by atoms with Crippen molar-refractivity contribution in [3.8, 4) is 0 Å². The van der Waals surface area contributed by atoms with Crippen LogP contribution in [0.4, 0.5) is 5.82 Å². The van der Waals surface area contributed by atoms with E-state index in [9.17, 15) is 4.79 Å². The fourth-order valence-corrected chi connectivity index (χ4v) is 3.39. The molecule has 0 spiro atoms. The molecule has 26 heavy (non-hydrogen) atoms. The van der Waals surface area contributed by atoms with Crippen LogP contribution in [0.15, 0.2) is 36.1 Å². The van der Waals surface area contributed by atoms with Crippen LogP contribution in [-0.4, -0.2) is 58.5 Å². The maximum atomic E-state index is 12.5. The molecule has 2 N–H and O–H groups in total. The van der Waals surface area contributed by atoms with Gasteiger partial charge in [0.1, 0.15) is 11.6 Å². The zero-order valence-electron chi connectivity index (χ0n) is 14.7. The smallest absolute Gasteiger partial charge is 0.288 e. The van der Waals surface area contributed by atoms with Gasteiger partial charge in [0.25, 0.3) is 5.91 Å². The Kier molecular flexibility index (Phi) is 4.71. The lowest BCUT2D eigenvalue weighted by Crippen LogP contribution is -2.49. The molecule has 3 heterocycles. The van der Waals surface area contributed by atoms with Gasteiger partial charge in [0, 0.05) is 31.6 Å². The molecular weight excluding hydrogens is 330 g/mol. The first-order valence-corrected chi connectivity index (χ1v) is 9.06. The molecule has 0 atom stereocenters. The van der Waals surface area contributed by atoms with Crippen molar-refractivity contribution in [1.82, 2.24) is 19.8 Å². The number of ether oxygens (including phenoxy) is 1. The zero-order valence-corrected chi connectivity index (χ0v) is 14.7. The summed E-state index contributed by atoms with van der Waals surface area (Å²) in [6.07, 6.45) is 3.81. The average Bonchev–Trinajstić information content (AvgIpc) is 2.69. The molecule has 0 bridgehead atoms.